The van der Waals surface area contributed by atoms with Crippen LogP contribution in [0.2, 0.25) is 0 Å². The van der Waals surface area contributed by atoms with E-state index in [0.717, 1.165) is 44.9 Å². The molecule has 0 bridgehead atoms. The summed E-state index contributed by atoms with van der Waals surface area (Å²) < 4.78 is 5.16. The van der Waals surface area contributed by atoms with E-state index in [1.165, 1.54) is 7.11 Å². The number of carbonyl (C=O) groups excluding carboxylic acids is 1. The molecule has 0 aromatic heterocycles. The first-order chi connectivity index (χ1) is 17.3. The molecule has 5 fully saturated rings. The van der Waals surface area contributed by atoms with Gasteiger partial charge < -0.3 is 25.2 Å². The van der Waals surface area contributed by atoms with E-state index in [1.54, 1.807) is 0 Å². The van der Waals surface area contributed by atoms with Gasteiger partial charge in [0, 0.05) is 5.41 Å². The monoisotopic (exact) mass is 534 g/mol. The van der Waals surface area contributed by atoms with Crippen molar-refractivity contribution >= 4 is 5.97 Å². The van der Waals surface area contributed by atoms with Crippen LogP contribution in [0.1, 0.15) is 113 Å². The predicted molar refractivity (Wildman–Crippen MR) is 146 cm³/mol. The summed E-state index contributed by atoms with van der Waals surface area (Å²) in [5, 5.41) is 47.3. The van der Waals surface area contributed by atoms with Crippen LogP contribution < -0.4 is 0 Å². The fourth-order valence-electron chi connectivity index (χ4n) is 11.9. The van der Waals surface area contributed by atoms with Crippen LogP contribution in [0.5, 0.6) is 0 Å². The summed E-state index contributed by atoms with van der Waals surface area (Å²) in [5.41, 5.74) is -3.13. The van der Waals surface area contributed by atoms with Crippen molar-refractivity contribution in [3.63, 3.8) is 0 Å². The largest absolute Gasteiger partial charge is 0.469 e. The Labute approximate surface area is 229 Å². The second kappa shape index (κ2) is 8.42. The van der Waals surface area contributed by atoms with Crippen LogP contribution in [0.3, 0.4) is 0 Å². The number of ether oxygens (including phenoxy) is 1. The molecule has 5 saturated carbocycles. The number of rotatable bonds is 2. The third kappa shape index (κ3) is 3.42. The SMILES string of the molecule is COC(=O)C[C@]12CCC(C)(C)C[C@H]1C1(O)C(O)C[C@@H]3[C@@]4(C)C[C@H](O)[C@@H](O)C(C)(C)[C@@H]4CC[C@@]3(C)[C@]1(C)CC2. The molecule has 5 aliphatic carbocycles. The smallest absolute Gasteiger partial charge is 0.306 e. The Morgan fingerprint density at radius 3 is 2.11 bits per heavy atom. The fourth-order valence-corrected chi connectivity index (χ4v) is 11.9. The summed E-state index contributed by atoms with van der Waals surface area (Å²) in [5.74, 6) is -0.0735. The van der Waals surface area contributed by atoms with Gasteiger partial charge >= 0.3 is 5.97 Å². The van der Waals surface area contributed by atoms with Gasteiger partial charge in [0.15, 0.2) is 0 Å². The number of aliphatic hydroxyl groups excluding tert-OH is 3. The first-order valence-corrected chi connectivity index (χ1v) is 15.2. The second-order valence-electron chi connectivity index (χ2n) is 16.5. The van der Waals surface area contributed by atoms with Crippen LogP contribution in [0, 0.1) is 50.2 Å². The van der Waals surface area contributed by atoms with Crippen LogP contribution in [0.15, 0.2) is 0 Å². The molecular formula is C32H54O6. The van der Waals surface area contributed by atoms with Crippen molar-refractivity contribution in [3.05, 3.63) is 0 Å². The molecular weight excluding hydrogens is 480 g/mol. The highest BCUT2D eigenvalue weighted by molar-refractivity contribution is 5.70. The van der Waals surface area contributed by atoms with E-state index in [-0.39, 0.29) is 45.4 Å². The lowest BCUT2D eigenvalue weighted by molar-refractivity contribution is -0.348. The fraction of sp³-hybridized carbons (Fsp3) is 0.969. The van der Waals surface area contributed by atoms with Gasteiger partial charge in [-0.2, -0.15) is 0 Å². The molecule has 11 atom stereocenters. The zero-order chi connectivity index (χ0) is 28.3. The van der Waals surface area contributed by atoms with Gasteiger partial charge in [0.25, 0.3) is 0 Å². The minimum Gasteiger partial charge on any atom is -0.469 e. The minimum absolute atomic E-state index is 0.0209. The molecule has 0 aliphatic heterocycles. The van der Waals surface area contributed by atoms with Crippen molar-refractivity contribution in [2.24, 2.45) is 50.2 Å². The summed E-state index contributed by atoms with van der Waals surface area (Å²) in [6.45, 7) is 15.6. The van der Waals surface area contributed by atoms with Gasteiger partial charge in [-0.3, -0.25) is 4.79 Å². The molecule has 0 aromatic carbocycles. The Hall–Kier alpha value is -0.690. The lowest BCUT2D eigenvalue weighted by Gasteiger charge is -2.77. The van der Waals surface area contributed by atoms with Gasteiger partial charge in [-0.15, -0.1) is 0 Å². The normalized spacial score (nSPS) is 55.1. The summed E-state index contributed by atoms with van der Waals surface area (Å²) in [6, 6.07) is 0. The molecule has 0 saturated heterocycles. The number of carbonyl (C=O) groups is 1. The van der Waals surface area contributed by atoms with Gasteiger partial charge in [-0.05, 0) is 103 Å². The first kappa shape index (κ1) is 28.8. The highest BCUT2D eigenvalue weighted by Gasteiger charge is 2.77. The quantitative estimate of drug-likeness (QED) is 0.378. The number of fused-ring (bicyclic) bond motifs is 7. The Kier molecular flexibility index (Phi) is 6.39. The molecule has 6 heteroatoms. The van der Waals surface area contributed by atoms with Crippen LogP contribution in [-0.2, 0) is 9.53 Å². The van der Waals surface area contributed by atoms with E-state index >= 15 is 0 Å². The van der Waals surface area contributed by atoms with Gasteiger partial charge in [0.05, 0.1) is 37.4 Å². The molecule has 0 aromatic rings. The molecule has 5 rings (SSSR count). The van der Waals surface area contributed by atoms with Crippen molar-refractivity contribution in [2.45, 2.75) is 137 Å². The standard InChI is InChI=1S/C32H54O6/c1-26(2)11-13-31(18-24(35)38-8)14-12-30(7)29(6)10-9-20-27(3,4)25(36)19(33)16-28(20,5)21(29)15-23(34)32(30,37)22(31)17-26/h19-23,25,33-34,36-37H,9-18H2,1-8H3/t19-,20-,21+,22+,23?,25+,28-,29+,30-,31+,32?/m0/s1. The number of hydrogen-bond acceptors (Lipinski definition) is 6. The number of esters is 1. The van der Waals surface area contributed by atoms with E-state index in [0.29, 0.717) is 19.3 Å². The number of aliphatic hydroxyl groups is 4. The van der Waals surface area contributed by atoms with E-state index in [2.05, 4.69) is 48.5 Å². The lowest BCUT2D eigenvalue weighted by Crippen LogP contribution is -2.78. The summed E-state index contributed by atoms with van der Waals surface area (Å²) >= 11 is 0. The van der Waals surface area contributed by atoms with Crippen LogP contribution in [-0.4, -0.2) is 57.4 Å². The maximum absolute atomic E-state index is 13.1. The Balaban J connectivity index is 1.62. The molecule has 5 aliphatic rings. The maximum atomic E-state index is 13.1. The highest BCUT2D eigenvalue weighted by Crippen LogP contribution is 2.78. The third-order valence-corrected chi connectivity index (χ3v) is 14.3. The molecule has 4 N–H and O–H groups in total. The van der Waals surface area contributed by atoms with Gasteiger partial charge in [0.1, 0.15) is 0 Å². The van der Waals surface area contributed by atoms with Crippen LogP contribution >= 0.6 is 0 Å². The average molecular weight is 535 g/mol. The zero-order valence-electron chi connectivity index (χ0n) is 25.1. The summed E-state index contributed by atoms with van der Waals surface area (Å²) in [4.78, 5) is 12.7. The lowest BCUT2D eigenvalue weighted by atomic mass is 9.29. The van der Waals surface area contributed by atoms with E-state index in [4.69, 9.17) is 4.74 Å². The number of methoxy groups -OCH3 is 1. The van der Waals surface area contributed by atoms with Crippen LogP contribution in [0.25, 0.3) is 0 Å². The maximum Gasteiger partial charge on any atom is 0.306 e. The first-order valence-electron chi connectivity index (χ1n) is 15.2. The molecule has 2 unspecified atom stereocenters. The van der Waals surface area contributed by atoms with Crippen LogP contribution in [0.4, 0.5) is 0 Å². The summed E-state index contributed by atoms with van der Waals surface area (Å²) in [7, 11) is 1.44. The Morgan fingerprint density at radius 2 is 1.47 bits per heavy atom. The minimum atomic E-state index is -1.31. The number of hydrogen-bond donors (Lipinski definition) is 4. The van der Waals surface area contributed by atoms with E-state index < -0.39 is 34.7 Å². The molecule has 218 valence electrons. The van der Waals surface area contributed by atoms with Crippen molar-refractivity contribution in [1.82, 2.24) is 0 Å². The van der Waals surface area contributed by atoms with Crippen molar-refractivity contribution in [3.8, 4) is 0 Å². The molecule has 0 amide bonds. The van der Waals surface area contributed by atoms with Crippen molar-refractivity contribution in [1.29, 1.82) is 0 Å². The van der Waals surface area contributed by atoms with Gasteiger partial charge in [0.2, 0.25) is 0 Å². The highest BCUT2D eigenvalue weighted by atomic mass is 16.5. The van der Waals surface area contributed by atoms with E-state index in [9.17, 15) is 25.2 Å². The second-order valence-corrected chi connectivity index (χ2v) is 16.5. The Bertz CT molecular complexity index is 977. The predicted octanol–water partition coefficient (Wildman–Crippen LogP) is 4.85. The van der Waals surface area contributed by atoms with Gasteiger partial charge in [-0.25, -0.2) is 0 Å². The zero-order valence-corrected chi connectivity index (χ0v) is 25.1. The molecule has 38 heavy (non-hydrogen) atoms. The molecule has 0 heterocycles. The Morgan fingerprint density at radius 1 is 0.842 bits per heavy atom. The molecule has 6 nitrogen and oxygen atoms in total. The average Bonchev–Trinajstić information content (AvgIpc) is 2.82. The third-order valence-electron chi connectivity index (χ3n) is 14.3. The van der Waals surface area contributed by atoms with E-state index in [1.807, 2.05) is 0 Å². The van der Waals surface area contributed by atoms with Gasteiger partial charge in [-0.1, -0.05) is 48.5 Å². The van der Waals surface area contributed by atoms with Crippen molar-refractivity contribution < 1.29 is 30.0 Å². The molecule has 0 spiro atoms. The van der Waals surface area contributed by atoms with Crippen molar-refractivity contribution in [2.75, 3.05) is 7.11 Å². The molecule has 0 radical (unpaired) electrons. The summed E-state index contributed by atoms with van der Waals surface area (Å²) in [6.07, 6.45) is 4.96. The topological polar surface area (TPSA) is 107 Å².